The number of hydrogen-bond donors (Lipinski definition) is 1. The molecule has 3 rings (SSSR count). The van der Waals surface area contributed by atoms with E-state index < -0.39 is 5.97 Å². The average Bonchev–Trinajstić information content (AvgIpc) is 3.12. The molecule has 0 spiro atoms. The lowest BCUT2D eigenvalue weighted by molar-refractivity contribution is -0.132. The summed E-state index contributed by atoms with van der Waals surface area (Å²) >= 11 is 0. The summed E-state index contributed by atoms with van der Waals surface area (Å²) in [6.07, 6.45) is 14.2. The van der Waals surface area contributed by atoms with E-state index in [-0.39, 0.29) is 0 Å². The molecular formula is C25H38O2. The third-order valence-corrected chi connectivity index (χ3v) is 8.35. The molecule has 0 aromatic heterocycles. The number of aliphatic carboxylic acids is 1. The van der Waals surface area contributed by atoms with Gasteiger partial charge in [-0.15, -0.1) is 0 Å². The Hall–Kier alpha value is -1.31. The maximum Gasteiger partial charge on any atom is 0.330 e. The second kappa shape index (κ2) is 7.97. The van der Waals surface area contributed by atoms with Gasteiger partial charge in [0.05, 0.1) is 0 Å². The molecule has 27 heavy (non-hydrogen) atoms. The molecule has 0 saturated heterocycles. The van der Waals surface area contributed by atoms with Crippen LogP contribution in [0.4, 0.5) is 0 Å². The highest BCUT2D eigenvalue weighted by atomic mass is 16.4. The van der Waals surface area contributed by atoms with Crippen LogP contribution in [-0.2, 0) is 4.79 Å². The standard InChI is InChI=1S/C25H38O2/c1-16(7-6-8-19(4)24(26)27)21-13-14-25(5)15-22-18(3)9-11-20(22)17(2)10-12-23(21)25/h8,10,16,20-23H,3,6-7,9,11-15H2,1-2,4-5H3,(H,26,27). The third kappa shape index (κ3) is 4.10. The average molecular weight is 371 g/mol. The van der Waals surface area contributed by atoms with E-state index in [4.69, 9.17) is 5.11 Å². The largest absolute Gasteiger partial charge is 0.478 e. The van der Waals surface area contributed by atoms with Crippen molar-refractivity contribution in [3.8, 4) is 0 Å². The lowest BCUT2D eigenvalue weighted by atomic mass is 9.64. The normalized spacial score (nSPS) is 37.9. The van der Waals surface area contributed by atoms with Gasteiger partial charge in [-0.2, -0.15) is 0 Å². The van der Waals surface area contributed by atoms with Gasteiger partial charge >= 0.3 is 5.97 Å². The molecule has 0 bridgehead atoms. The quantitative estimate of drug-likeness (QED) is 0.427. The SMILES string of the molecule is C=C1CCC2C(C)=CCC3C(C(C)CCC=C(C)C(=O)O)CCC3(C)CC12. The van der Waals surface area contributed by atoms with Crippen LogP contribution in [0.2, 0.25) is 0 Å². The minimum Gasteiger partial charge on any atom is -0.478 e. The Morgan fingerprint density at radius 2 is 2.15 bits per heavy atom. The topological polar surface area (TPSA) is 37.3 Å². The highest BCUT2D eigenvalue weighted by Gasteiger charge is 2.49. The van der Waals surface area contributed by atoms with Crippen LogP contribution in [0.5, 0.6) is 0 Å². The van der Waals surface area contributed by atoms with E-state index in [2.05, 4.69) is 33.4 Å². The number of fused-ring (bicyclic) bond motifs is 2. The highest BCUT2D eigenvalue weighted by molar-refractivity contribution is 5.85. The molecule has 6 unspecified atom stereocenters. The molecule has 0 amide bonds. The minimum absolute atomic E-state index is 0.444. The Morgan fingerprint density at radius 3 is 2.85 bits per heavy atom. The van der Waals surface area contributed by atoms with Crippen molar-refractivity contribution in [3.63, 3.8) is 0 Å². The molecule has 2 heteroatoms. The van der Waals surface area contributed by atoms with E-state index in [1.807, 2.05) is 6.08 Å². The first-order valence-electron chi connectivity index (χ1n) is 11.0. The molecule has 3 aliphatic carbocycles. The van der Waals surface area contributed by atoms with Gasteiger partial charge in [0.25, 0.3) is 0 Å². The first-order valence-corrected chi connectivity index (χ1v) is 11.0. The Kier molecular flexibility index (Phi) is 6.03. The van der Waals surface area contributed by atoms with Crippen molar-refractivity contribution in [3.05, 3.63) is 35.5 Å². The van der Waals surface area contributed by atoms with Gasteiger partial charge in [-0.3, -0.25) is 0 Å². The van der Waals surface area contributed by atoms with Gasteiger partial charge in [-0.05, 0) is 100 Å². The first kappa shape index (κ1) is 20.4. The highest BCUT2D eigenvalue weighted by Crippen LogP contribution is 2.59. The Labute approximate surface area is 165 Å². The third-order valence-electron chi connectivity index (χ3n) is 8.35. The predicted molar refractivity (Wildman–Crippen MR) is 112 cm³/mol. The smallest absolute Gasteiger partial charge is 0.330 e. The summed E-state index contributed by atoms with van der Waals surface area (Å²) in [6.45, 7) is 13.4. The second-order valence-corrected chi connectivity index (χ2v) is 10.0. The molecule has 2 nitrogen and oxygen atoms in total. The molecule has 150 valence electrons. The van der Waals surface area contributed by atoms with Crippen LogP contribution in [0.25, 0.3) is 0 Å². The zero-order chi connectivity index (χ0) is 19.8. The number of carbonyl (C=O) groups is 1. The van der Waals surface area contributed by atoms with Crippen LogP contribution in [0.3, 0.4) is 0 Å². The number of carboxylic acid groups (broad SMARTS) is 1. The van der Waals surface area contributed by atoms with Crippen LogP contribution in [0.15, 0.2) is 35.5 Å². The van der Waals surface area contributed by atoms with Crippen molar-refractivity contribution in [2.24, 2.45) is 35.0 Å². The first-order chi connectivity index (χ1) is 12.7. The molecule has 0 heterocycles. The monoisotopic (exact) mass is 370 g/mol. The Balaban J connectivity index is 1.72. The van der Waals surface area contributed by atoms with Gasteiger partial charge in [-0.25, -0.2) is 4.79 Å². The predicted octanol–water partition coefficient (Wildman–Crippen LogP) is 6.79. The lowest BCUT2D eigenvalue weighted by Gasteiger charge is -2.41. The molecule has 3 aliphatic rings. The van der Waals surface area contributed by atoms with Gasteiger partial charge in [0, 0.05) is 5.57 Å². The fraction of sp³-hybridized carbons (Fsp3) is 0.720. The summed E-state index contributed by atoms with van der Waals surface area (Å²) in [7, 11) is 0. The van der Waals surface area contributed by atoms with Crippen LogP contribution < -0.4 is 0 Å². The summed E-state index contributed by atoms with van der Waals surface area (Å²) in [6, 6.07) is 0. The second-order valence-electron chi connectivity index (χ2n) is 10.0. The van der Waals surface area contributed by atoms with Crippen LogP contribution in [-0.4, -0.2) is 11.1 Å². The molecule has 2 saturated carbocycles. The van der Waals surface area contributed by atoms with Crippen molar-refractivity contribution in [1.29, 1.82) is 0 Å². The summed E-state index contributed by atoms with van der Waals surface area (Å²) in [4.78, 5) is 11.0. The van der Waals surface area contributed by atoms with Crippen LogP contribution in [0.1, 0.15) is 79.1 Å². The lowest BCUT2D eigenvalue weighted by Crippen LogP contribution is -2.32. The number of hydrogen-bond acceptors (Lipinski definition) is 1. The zero-order valence-electron chi connectivity index (χ0n) is 17.8. The molecule has 6 atom stereocenters. The van der Waals surface area contributed by atoms with Gasteiger partial charge in [-0.1, -0.05) is 43.7 Å². The fourth-order valence-electron chi connectivity index (χ4n) is 6.47. The van der Waals surface area contributed by atoms with Gasteiger partial charge in [0.15, 0.2) is 0 Å². The fourth-order valence-corrected chi connectivity index (χ4v) is 6.47. The maximum atomic E-state index is 11.0. The molecule has 2 fully saturated rings. The Morgan fingerprint density at radius 1 is 1.41 bits per heavy atom. The maximum absolute atomic E-state index is 11.0. The number of carboxylic acids is 1. The van der Waals surface area contributed by atoms with E-state index in [1.165, 1.54) is 44.1 Å². The van der Waals surface area contributed by atoms with E-state index in [9.17, 15) is 4.79 Å². The van der Waals surface area contributed by atoms with E-state index >= 15 is 0 Å². The van der Waals surface area contributed by atoms with Crippen molar-refractivity contribution in [1.82, 2.24) is 0 Å². The van der Waals surface area contributed by atoms with Crippen LogP contribution >= 0.6 is 0 Å². The van der Waals surface area contributed by atoms with Crippen molar-refractivity contribution in [2.75, 3.05) is 0 Å². The molecule has 1 N–H and O–H groups in total. The number of allylic oxidation sites excluding steroid dienone is 4. The molecule has 0 aromatic carbocycles. The summed E-state index contributed by atoms with van der Waals surface area (Å²) in [5.74, 6) is 2.85. The number of rotatable bonds is 5. The molecule has 0 aromatic rings. The molecular weight excluding hydrogens is 332 g/mol. The van der Waals surface area contributed by atoms with Gasteiger partial charge in [0.2, 0.25) is 0 Å². The van der Waals surface area contributed by atoms with Crippen molar-refractivity contribution >= 4 is 5.97 Å². The summed E-state index contributed by atoms with van der Waals surface area (Å²) in [5, 5.41) is 9.04. The van der Waals surface area contributed by atoms with Crippen molar-refractivity contribution in [2.45, 2.75) is 79.1 Å². The molecule has 0 aliphatic heterocycles. The van der Waals surface area contributed by atoms with E-state index in [0.29, 0.717) is 22.8 Å². The van der Waals surface area contributed by atoms with Crippen LogP contribution in [0, 0.1) is 35.0 Å². The van der Waals surface area contributed by atoms with E-state index in [0.717, 1.165) is 30.6 Å². The minimum atomic E-state index is -0.789. The van der Waals surface area contributed by atoms with Gasteiger partial charge < -0.3 is 5.11 Å². The summed E-state index contributed by atoms with van der Waals surface area (Å²) < 4.78 is 0. The van der Waals surface area contributed by atoms with Crippen molar-refractivity contribution < 1.29 is 9.90 Å². The molecule has 0 radical (unpaired) electrons. The zero-order valence-corrected chi connectivity index (χ0v) is 17.8. The van der Waals surface area contributed by atoms with Gasteiger partial charge in [0.1, 0.15) is 0 Å². The van der Waals surface area contributed by atoms with E-state index in [1.54, 1.807) is 12.5 Å². The Bertz CT molecular complexity index is 655. The summed E-state index contributed by atoms with van der Waals surface area (Å²) in [5.41, 5.74) is 4.03.